The summed E-state index contributed by atoms with van der Waals surface area (Å²) in [4.78, 5) is 2.06. The van der Waals surface area contributed by atoms with Gasteiger partial charge < -0.3 is 15.4 Å². The standard InChI is InChI=1S/C10H20N4O/c1-5-15-7-6-13(3)10-9(11)8(2)12-14(10)4/h5-7,11H2,1-4H3. The van der Waals surface area contributed by atoms with E-state index in [0.29, 0.717) is 6.61 Å². The van der Waals surface area contributed by atoms with Crippen LogP contribution in [0.4, 0.5) is 11.5 Å². The van der Waals surface area contributed by atoms with Crippen molar-refractivity contribution in [3.05, 3.63) is 5.69 Å². The molecule has 0 fully saturated rings. The van der Waals surface area contributed by atoms with E-state index in [-0.39, 0.29) is 0 Å². The first-order valence-corrected chi connectivity index (χ1v) is 5.15. The summed E-state index contributed by atoms with van der Waals surface area (Å²) in [6.07, 6.45) is 0. The molecule has 0 unspecified atom stereocenters. The minimum absolute atomic E-state index is 0.705. The van der Waals surface area contributed by atoms with Gasteiger partial charge in [0, 0.05) is 27.2 Å². The third kappa shape index (κ3) is 2.62. The van der Waals surface area contributed by atoms with Gasteiger partial charge in [-0.05, 0) is 13.8 Å². The molecule has 0 bridgehead atoms. The highest BCUT2D eigenvalue weighted by molar-refractivity contribution is 5.65. The van der Waals surface area contributed by atoms with E-state index in [9.17, 15) is 0 Å². The molecule has 2 N–H and O–H groups in total. The maximum Gasteiger partial charge on any atom is 0.150 e. The number of nitrogen functional groups attached to an aromatic ring is 1. The highest BCUT2D eigenvalue weighted by Gasteiger charge is 2.13. The maximum absolute atomic E-state index is 5.94. The number of rotatable bonds is 5. The molecular weight excluding hydrogens is 192 g/mol. The Hall–Kier alpha value is -1.23. The molecule has 1 rings (SSSR count). The summed E-state index contributed by atoms with van der Waals surface area (Å²) in [6, 6.07) is 0. The molecule has 0 aliphatic heterocycles. The van der Waals surface area contributed by atoms with Gasteiger partial charge in [0.1, 0.15) is 5.82 Å². The normalized spacial score (nSPS) is 10.7. The molecular formula is C10H20N4O. The topological polar surface area (TPSA) is 56.3 Å². The molecule has 0 aromatic carbocycles. The van der Waals surface area contributed by atoms with E-state index < -0.39 is 0 Å². The molecule has 0 atom stereocenters. The zero-order chi connectivity index (χ0) is 11.4. The van der Waals surface area contributed by atoms with Gasteiger partial charge in [0.15, 0.2) is 0 Å². The van der Waals surface area contributed by atoms with Crippen molar-refractivity contribution < 1.29 is 4.74 Å². The summed E-state index contributed by atoms with van der Waals surface area (Å²) in [5, 5.41) is 4.27. The van der Waals surface area contributed by atoms with Crippen LogP contribution in [0.1, 0.15) is 12.6 Å². The van der Waals surface area contributed by atoms with Crippen molar-refractivity contribution in [3.63, 3.8) is 0 Å². The molecule has 15 heavy (non-hydrogen) atoms. The molecule has 1 heterocycles. The van der Waals surface area contributed by atoms with Gasteiger partial charge in [0.05, 0.1) is 18.0 Å². The number of hydrogen-bond donors (Lipinski definition) is 1. The van der Waals surface area contributed by atoms with Crippen molar-refractivity contribution >= 4 is 11.5 Å². The summed E-state index contributed by atoms with van der Waals surface area (Å²) < 4.78 is 7.10. The lowest BCUT2D eigenvalue weighted by molar-refractivity contribution is 0.154. The van der Waals surface area contributed by atoms with Gasteiger partial charge in [-0.3, -0.25) is 4.68 Å². The molecule has 0 spiro atoms. The van der Waals surface area contributed by atoms with Crippen LogP contribution in [0.15, 0.2) is 0 Å². The van der Waals surface area contributed by atoms with Crippen LogP contribution in [0.25, 0.3) is 0 Å². The van der Waals surface area contributed by atoms with E-state index in [2.05, 4.69) is 10.00 Å². The Morgan fingerprint density at radius 2 is 2.20 bits per heavy atom. The molecule has 0 amide bonds. The molecule has 86 valence electrons. The Balaban J connectivity index is 2.68. The Morgan fingerprint density at radius 1 is 1.53 bits per heavy atom. The fraction of sp³-hybridized carbons (Fsp3) is 0.700. The zero-order valence-corrected chi connectivity index (χ0v) is 9.95. The molecule has 1 aromatic rings. The fourth-order valence-electron chi connectivity index (χ4n) is 1.57. The molecule has 0 saturated heterocycles. The first-order chi connectivity index (χ1) is 7.07. The lowest BCUT2D eigenvalue weighted by atomic mass is 10.3. The van der Waals surface area contributed by atoms with Gasteiger partial charge >= 0.3 is 0 Å². The van der Waals surface area contributed by atoms with E-state index in [0.717, 1.165) is 30.4 Å². The molecule has 0 aliphatic carbocycles. The maximum atomic E-state index is 5.94. The quantitative estimate of drug-likeness (QED) is 0.733. The number of ether oxygens (including phenoxy) is 1. The van der Waals surface area contributed by atoms with Crippen LogP contribution in [0.2, 0.25) is 0 Å². The lowest BCUT2D eigenvalue weighted by Gasteiger charge is -2.19. The first-order valence-electron chi connectivity index (χ1n) is 5.15. The van der Waals surface area contributed by atoms with Crippen molar-refractivity contribution in [2.45, 2.75) is 13.8 Å². The Kier molecular flexibility index (Phi) is 3.96. The molecule has 0 saturated carbocycles. The molecule has 0 radical (unpaired) electrons. The summed E-state index contributed by atoms with van der Waals surface area (Å²) in [6.45, 7) is 6.17. The largest absolute Gasteiger partial charge is 0.394 e. The second-order valence-corrected chi connectivity index (χ2v) is 3.56. The number of nitrogens with two attached hydrogens (primary N) is 1. The predicted molar refractivity (Wildman–Crippen MR) is 62.1 cm³/mol. The molecule has 1 aromatic heterocycles. The Labute approximate surface area is 90.8 Å². The van der Waals surface area contributed by atoms with Crippen LogP contribution < -0.4 is 10.6 Å². The summed E-state index contributed by atoms with van der Waals surface area (Å²) in [7, 11) is 3.89. The number of hydrogen-bond acceptors (Lipinski definition) is 4. The third-order valence-corrected chi connectivity index (χ3v) is 2.37. The Bertz CT molecular complexity index is 321. The van der Waals surface area contributed by atoms with Crippen LogP contribution in [-0.4, -0.2) is 36.6 Å². The summed E-state index contributed by atoms with van der Waals surface area (Å²) in [5.41, 5.74) is 7.56. The average molecular weight is 212 g/mol. The van der Waals surface area contributed by atoms with Gasteiger partial charge in [-0.1, -0.05) is 0 Å². The highest BCUT2D eigenvalue weighted by atomic mass is 16.5. The number of anilines is 2. The van der Waals surface area contributed by atoms with Gasteiger partial charge in [-0.2, -0.15) is 5.10 Å². The second kappa shape index (κ2) is 5.02. The summed E-state index contributed by atoms with van der Waals surface area (Å²) in [5.74, 6) is 0.951. The minimum Gasteiger partial charge on any atom is -0.394 e. The van der Waals surface area contributed by atoms with Crippen LogP contribution in [0, 0.1) is 6.92 Å². The number of aromatic nitrogens is 2. The number of nitrogens with zero attached hydrogens (tertiary/aromatic N) is 3. The van der Waals surface area contributed by atoms with Gasteiger partial charge in [-0.15, -0.1) is 0 Å². The monoisotopic (exact) mass is 212 g/mol. The highest BCUT2D eigenvalue weighted by Crippen LogP contribution is 2.23. The van der Waals surface area contributed by atoms with Crippen LogP contribution >= 0.6 is 0 Å². The molecule has 5 nitrogen and oxygen atoms in total. The van der Waals surface area contributed by atoms with Crippen molar-refractivity contribution in [3.8, 4) is 0 Å². The van der Waals surface area contributed by atoms with E-state index >= 15 is 0 Å². The van der Waals surface area contributed by atoms with Gasteiger partial charge in [0.2, 0.25) is 0 Å². The van der Waals surface area contributed by atoms with E-state index in [4.69, 9.17) is 10.5 Å². The first kappa shape index (κ1) is 11.8. The van der Waals surface area contributed by atoms with Crippen molar-refractivity contribution in [1.29, 1.82) is 0 Å². The minimum atomic E-state index is 0.705. The van der Waals surface area contributed by atoms with E-state index in [1.807, 2.05) is 27.9 Å². The average Bonchev–Trinajstić information content (AvgIpc) is 2.41. The summed E-state index contributed by atoms with van der Waals surface area (Å²) >= 11 is 0. The Morgan fingerprint density at radius 3 is 2.67 bits per heavy atom. The van der Waals surface area contributed by atoms with E-state index in [1.165, 1.54) is 0 Å². The van der Waals surface area contributed by atoms with Crippen LogP contribution in [0.3, 0.4) is 0 Å². The predicted octanol–water partition coefficient (Wildman–Crippen LogP) is 0.783. The lowest BCUT2D eigenvalue weighted by Crippen LogP contribution is -2.25. The van der Waals surface area contributed by atoms with Gasteiger partial charge in [0.25, 0.3) is 0 Å². The number of likely N-dealkylation sites (N-methyl/N-ethyl adjacent to an activating group) is 1. The smallest absolute Gasteiger partial charge is 0.150 e. The number of aryl methyl sites for hydroxylation is 2. The fourth-order valence-corrected chi connectivity index (χ4v) is 1.57. The van der Waals surface area contributed by atoms with Gasteiger partial charge in [-0.25, -0.2) is 0 Å². The molecule has 0 aliphatic rings. The second-order valence-electron chi connectivity index (χ2n) is 3.56. The molecule has 5 heteroatoms. The van der Waals surface area contributed by atoms with Crippen molar-refractivity contribution in [2.24, 2.45) is 7.05 Å². The zero-order valence-electron chi connectivity index (χ0n) is 9.95. The van der Waals surface area contributed by atoms with Crippen molar-refractivity contribution in [1.82, 2.24) is 9.78 Å². The van der Waals surface area contributed by atoms with Crippen LogP contribution in [-0.2, 0) is 11.8 Å². The third-order valence-electron chi connectivity index (χ3n) is 2.37. The van der Waals surface area contributed by atoms with Crippen molar-refractivity contribution in [2.75, 3.05) is 37.4 Å². The van der Waals surface area contributed by atoms with E-state index in [1.54, 1.807) is 4.68 Å². The SMILES string of the molecule is CCOCCN(C)c1c(N)c(C)nn1C. The van der Waals surface area contributed by atoms with Crippen LogP contribution in [0.5, 0.6) is 0 Å².